The lowest BCUT2D eigenvalue weighted by Gasteiger charge is -2.28. The number of hydrogen-bond donors (Lipinski definition) is 2. The molecule has 9 heteroatoms. The van der Waals surface area contributed by atoms with Gasteiger partial charge in [-0.15, -0.1) is 0 Å². The van der Waals surface area contributed by atoms with Crippen LogP contribution >= 0.6 is 0 Å². The Kier molecular flexibility index (Phi) is 5.63. The van der Waals surface area contributed by atoms with Crippen LogP contribution in [0.1, 0.15) is 13.8 Å². The summed E-state index contributed by atoms with van der Waals surface area (Å²) in [6, 6.07) is 15.6. The largest absolute Gasteiger partial charge is 0.389 e. The third-order valence-electron chi connectivity index (χ3n) is 4.59. The van der Waals surface area contributed by atoms with Gasteiger partial charge in [-0.05, 0) is 38.1 Å². The van der Waals surface area contributed by atoms with Crippen molar-refractivity contribution in [1.82, 2.24) is 10.2 Å². The molecule has 2 aromatic carbocycles. The molecule has 2 aromatic rings. The molecule has 0 spiro atoms. The molecular formula is C20H23N3O5S. The van der Waals surface area contributed by atoms with E-state index in [4.69, 9.17) is 0 Å². The lowest BCUT2D eigenvalue weighted by atomic mass is 10.1. The van der Waals surface area contributed by atoms with Gasteiger partial charge in [-0.25, -0.2) is 13.2 Å². The van der Waals surface area contributed by atoms with Crippen LogP contribution in [0, 0.1) is 0 Å². The zero-order chi connectivity index (χ0) is 21.2. The number of urea groups is 1. The van der Waals surface area contributed by atoms with Crippen LogP contribution in [0.15, 0.2) is 65.6 Å². The van der Waals surface area contributed by atoms with Crippen molar-refractivity contribution in [1.29, 1.82) is 0 Å². The lowest BCUT2D eigenvalue weighted by Crippen LogP contribution is -2.45. The average molecular weight is 417 g/mol. The Bertz CT molecular complexity index is 993. The van der Waals surface area contributed by atoms with Crippen LogP contribution in [0.3, 0.4) is 0 Å². The maximum absolute atomic E-state index is 13.2. The topological polar surface area (TPSA) is 107 Å². The molecule has 154 valence electrons. The molecule has 0 unspecified atom stereocenters. The number of aliphatic hydroxyl groups is 1. The zero-order valence-electron chi connectivity index (χ0n) is 16.1. The summed E-state index contributed by atoms with van der Waals surface area (Å²) in [5.74, 6) is -0.473. The van der Waals surface area contributed by atoms with E-state index in [9.17, 15) is 23.1 Å². The molecule has 8 nitrogen and oxygen atoms in total. The summed E-state index contributed by atoms with van der Waals surface area (Å²) < 4.78 is 27.5. The van der Waals surface area contributed by atoms with Crippen LogP contribution in [0.4, 0.5) is 10.5 Å². The van der Waals surface area contributed by atoms with Gasteiger partial charge in [0.2, 0.25) is 0 Å². The van der Waals surface area contributed by atoms with Crippen LogP contribution in [0.5, 0.6) is 0 Å². The number of anilines is 1. The first-order valence-electron chi connectivity index (χ1n) is 9.08. The number of amides is 3. The van der Waals surface area contributed by atoms with Crippen LogP contribution in [-0.4, -0.2) is 55.1 Å². The van der Waals surface area contributed by atoms with Crippen LogP contribution < -0.4 is 9.62 Å². The van der Waals surface area contributed by atoms with Crippen molar-refractivity contribution in [3.05, 3.63) is 60.7 Å². The number of nitrogens with zero attached hydrogens (tertiary/aromatic N) is 2. The first-order chi connectivity index (χ1) is 13.6. The van der Waals surface area contributed by atoms with E-state index < -0.39 is 33.6 Å². The number of carbonyl (C=O) groups is 2. The number of aliphatic hydroxyl groups excluding tert-OH is 1. The Labute approximate surface area is 169 Å². The van der Waals surface area contributed by atoms with Crippen molar-refractivity contribution in [2.75, 3.05) is 17.4 Å². The van der Waals surface area contributed by atoms with E-state index >= 15 is 0 Å². The van der Waals surface area contributed by atoms with Gasteiger partial charge in [0.05, 0.1) is 29.8 Å². The van der Waals surface area contributed by atoms with Crippen molar-refractivity contribution in [2.45, 2.75) is 30.4 Å². The van der Waals surface area contributed by atoms with E-state index in [-0.39, 0.29) is 18.0 Å². The van der Waals surface area contributed by atoms with Crippen molar-refractivity contribution in [3.8, 4) is 0 Å². The minimum absolute atomic E-state index is 0.0761. The summed E-state index contributed by atoms with van der Waals surface area (Å²) in [6.45, 7) is 2.49. The van der Waals surface area contributed by atoms with E-state index in [1.165, 1.54) is 12.1 Å². The second-order valence-corrected chi connectivity index (χ2v) is 9.17. The van der Waals surface area contributed by atoms with Crippen LogP contribution in [0.2, 0.25) is 0 Å². The smallest absolute Gasteiger partial charge is 0.325 e. The van der Waals surface area contributed by atoms with Crippen molar-refractivity contribution in [3.63, 3.8) is 0 Å². The minimum atomic E-state index is -3.96. The van der Waals surface area contributed by atoms with E-state index in [1.807, 2.05) is 0 Å². The maximum Gasteiger partial charge on any atom is 0.325 e. The average Bonchev–Trinajstić information content (AvgIpc) is 2.89. The molecule has 0 aromatic heterocycles. The number of carbonyl (C=O) groups excluding carboxylic acids is 2. The highest BCUT2D eigenvalue weighted by molar-refractivity contribution is 7.92. The van der Waals surface area contributed by atoms with Crippen LogP contribution in [-0.2, 0) is 14.8 Å². The Morgan fingerprint density at radius 1 is 1.03 bits per heavy atom. The zero-order valence-corrected chi connectivity index (χ0v) is 17.0. The maximum atomic E-state index is 13.2. The molecule has 1 heterocycles. The predicted molar refractivity (Wildman–Crippen MR) is 108 cm³/mol. The summed E-state index contributed by atoms with van der Waals surface area (Å²) in [5, 5.41) is 13.1. The highest BCUT2D eigenvalue weighted by Gasteiger charge is 2.45. The fourth-order valence-electron chi connectivity index (χ4n) is 3.10. The van der Waals surface area contributed by atoms with Crippen LogP contribution in [0.25, 0.3) is 0 Å². The molecule has 3 amide bonds. The molecule has 1 saturated heterocycles. The Balaban J connectivity index is 1.87. The lowest BCUT2D eigenvalue weighted by molar-refractivity contribution is -0.131. The molecule has 1 atom stereocenters. The van der Waals surface area contributed by atoms with E-state index in [2.05, 4.69) is 5.32 Å². The molecule has 0 aliphatic carbocycles. The number of hydrogen-bond acceptors (Lipinski definition) is 5. The second kappa shape index (κ2) is 7.84. The molecule has 0 saturated carbocycles. The summed E-state index contributed by atoms with van der Waals surface area (Å²) >= 11 is 0. The Morgan fingerprint density at radius 2 is 1.59 bits per heavy atom. The Hall–Kier alpha value is -2.91. The normalized spacial score (nSPS) is 17.1. The molecule has 0 radical (unpaired) electrons. The van der Waals surface area contributed by atoms with E-state index in [0.717, 1.165) is 9.21 Å². The van der Waals surface area contributed by atoms with Gasteiger partial charge in [-0.3, -0.25) is 14.0 Å². The highest BCUT2D eigenvalue weighted by atomic mass is 32.2. The quantitative estimate of drug-likeness (QED) is 0.665. The molecule has 29 heavy (non-hydrogen) atoms. The third kappa shape index (κ3) is 4.25. The van der Waals surface area contributed by atoms with Gasteiger partial charge in [0.15, 0.2) is 0 Å². The van der Waals surface area contributed by atoms with Gasteiger partial charge in [0.1, 0.15) is 5.54 Å². The van der Waals surface area contributed by atoms with Gasteiger partial charge in [0, 0.05) is 0 Å². The number of imide groups is 1. The Morgan fingerprint density at radius 3 is 2.10 bits per heavy atom. The fourth-order valence-corrected chi connectivity index (χ4v) is 4.62. The number of rotatable bonds is 7. The van der Waals surface area contributed by atoms with Gasteiger partial charge in [0.25, 0.3) is 15.9 Å². The summed E-state index contributed by atoms with van der Waals surface area (Å²) in [6.07, 6.45) is -1.28. The van der Waals surface area contributed by atoms with Crippen molar-refractivity contribution in [2.24, 2.45) is 0 Å². The first kappa shape index (κ1) is 20.8. The molecule has 1 aliphatic heterocycles. The number of benzene rings is 2. The standard InChI is InChI=1S/C20H23N3O5S/c1-20(2)18(25)22(19(26)21-20)13-16(24)14-23(15-9-5-3-6-10-15)29(27,28)17-11-7-4-8-12-17/h3-12,16,24H,13-14H2,1-2H3,(H,21,26)/t16-/m1/s1. The SMILES string of the molecule is CC1(C)NC(=O)N(C[C@@H](O)CN(c2ccccc2)S(=O)(=O)c2ccccc2)C1=O. The summed E-state index contributed by atoms with van der Waals surface area (Å²) in [4.78, 5) is 25.4. The van der Waals surface area contributed by atoms with Crippen molar-refractivity contribution >= 4 is 27.6 Å². The summed E-state index contributed by atoms with van der Waals surface area (Å²) in [7, 11) is -3.96. The van der Waals surface area contributed by atoms with Gasteiger partial charge < -0.3 is 10.4 Å². The molecule has 0 bridgehead atoms. The van der Waals surface area contributed by atoms with E-state index in [0.29, 0.717) is 5.69 Å². The third-order valence-corrected chi connectivity index (χ3v) is 6.40. The number of sulfonamides is 1. The second-order valence-electron chi connectivity index (χ2n) is 7.31. The van der Waals surface area contributed by atoms with Crippen molar-refractivity contribution < 1.29 is 23.1 Å². The predicted octanol–water partition coefficient (Wildman–Crippen LogP) is 1.57. The number of para-hydroxylation sites is 1. The number of nitrogens with one attached hydrogen (secondary N) is 1. The first-order valence-corrected chi connectivity index (χ1v) is 10.5. The van der Waals surface area contributed by atoms with Gasteiger partial charge in [-0.2, -0.15) is 0 Å². The molecule has 1 aliphatic rings. The summed E-state index contributed by atoms with van der Waals surface area (Å²) in [5.41, 5.74) is -0.695. The molecular weight excluding hydrogens is 394 g/mol. The molecule has 2 N–H and O–H groups in total. The van der Waals surface area contributed by atoms with Gasteiger partial charge >= 0.3 is 6.03 Å². The monoisotopic (exact) mass is 417 g/mol. The van der Waals surface area contributed by atoms with Gasteiger partial charge in [-0.1, -0.05) is 36.4 Å². The number of β-amino-alcohol motifs (C(OH)–C–C–N with tert-alkyl or cyclic N) is 1. The molecule has 1 fully saturated rings. The fraction of sp³-hybridized carbons (Fsp3) is 0.300. The highest BCUT2D eigenvalue weighted by Crippen LogP contribution is 2.24. The molecule has 3 rings (SSSR count). The minimum Gasteiger partial charge on any atom is -0.389 e. The van der Waals surface area contributed by atoms with E-state index in [1.54, 1.807) is 62.4 Å².